The van der Waals surface area contributed by atoms with E-state index in [9.17, 15) is 20.2 Å². The number of nitriles is 1. The normalized spacial score (nSPS) is 14.7. The molecule has 0 atom stereocenters. The fourth-order valence-corrected chi connectivity index (χ4v) is 3.84. The summed E-state index contributed by atoms with van der Waals surface area (Å²) in [5.41, 5.74) is 0.447. The molecule has 0 radical (unpaired) electrons. The largest absolute Gasteiger partial charge is 0.369 e. The third-order valence-corrected chi connectivity index (χ3v) is 5.21. The van der Waals surface area contributed by atoms with Crippen LogP contribution in [0.4, 0.5) is 11.4 Å². The molecular formula is C17H21Br2N5O3. The van der Waals surface area contributed by atoms with Crippen LogP contribution in [-0.4, -0.2) is 77.6 Å². The predicted octanol–water partition coefficient (Wildman–Crippen LogP) is 2.45. The molecule has 1 fully saturated rings. The van der Waals surface area contributed by atoms with Crippen LogP contribution in [0.2, 0.25) is 0 Å². The Bertz CT molecular complexity index is 739. The maximum atomic E-state index is 13.0. The summed E-state index contributed by atoms with van der Waals surface area (Å²) in [5.74, 6) is -0.363. The molecule has 0 saturated carbocycles. The zero-order valence-corrected chi connectivity index (χ0v) is 18.2. The highest BCUT2D eigenvalue weighted by molar-refractivity contribution is 9.09. The van der Waals surface area contributed by atoms with E-state index in [4.69, 9.17) is 0 Å². The van der Waals surface area contributed by atoms with E-state index in [0.29, 0.717) is 42.5 Å². The number of rotatable bonds is 7. The Hall–Kier alpha value is -1.70. The Labute approximate surface area is 175 Å². The van der Waals surface area contributed by atoms with Crippen LogP contribution in [0.3, 0.4) is 0 Å². The van der Waals surface area contributed by atoms with Gasteiger partial charge in [0.25, 0.3) is 11.6 Å². The molecule has 1 aliphatic heterocycles. The highest BCUT2D eigenvalue weighted by Gasteiger charge is 2.29. The smallest absolute Gasteiger partial charge is 0.283 e. The molecule has 10 heteroatoms. The highest BCUT2D eigenvalue weighted by atomic mass is 79.9. The van der Waals surface area contributed by atoms with Crippen molar-refractivity contribution in [2.24, 2.45) is 0 Å². The fraction of sp³-hybridized carbons (Fsp3) is 0.529. The minimum Gasteiger partial charge on any atom is -0.369 e. The second-order valence-corrected chi connectivity index (χ2v) is 7.80. The first kappa shape index (κ1) is 21.6. The molecule has 1 aromatic rings. The lowest BCUT2D eigenvalue weighted by atomic mass is 10.0. The number of carbonyl (C=O) groups excluding carboxylic acids is 1. The maximum absolute atomic E-state index is 13.0. The lowest BCUT2D eigenvalue weighted by Crippen LogP contribution is -2.47. The molecule has 1 saturated heterocycles. The average molecular weight is 503 g/mol. The molecule has 8 nitrogen and oxygen atoms in total. The second kappa shape index (κ2) is 10.0. The van der Waals surface area contributed by atoms with Crippen molar-refractivity contribution in [2.75, 3.05) is 61.9 Å². The van der Waals surface area contributed by atoms with Crippen molar-refractivity contribution < 1.29 is 9.72 Å². The van der Waals surface area contributed by atoms with Gasteiger partial charge in [-0.1, -0.05) is 31.9 Å². The predicted molar refractivity (Wildman–Crippen MR) is 111 cm³/mol. The molecule has 0 unspecified atom stereocenters. The number of nitrogens with zero attached hydrogens (tertiary/aromatic N) is 5. The van der Waals surface area contributed by atoms with Crippen LogP contribution in [0.5, 0.6) is 0 Å². The van der Waals surface area contributed by atoms with Gasteiger partial charge < -0.3 is 14.7 Å². The van der Waals surface area contributed by atoms with Crippen LogP contribution in [0, 0.1) is 21.4 Å². The molecule has 1 aromatic carbocycles. The van der Waals surface area contributed by atoms with Crippen LogP contribution in [0.1, 0.15) is 15.9 Å². The minimum absolute atomic E-state index is 0.0349. The number of anilines is 1. The van der Waals surface area contributed by atoms with E-state index < -0.39 is 4.92 Å². The Morgan fingerprint density at radius 3 is 2.33 bits per heavy atom. The molecule has 0 aliphatic carbocycles. The number of piperazine rings is 1. The summed E-state index contributed by atoms with van der Waals surface area (Å²) in [6.45, 7) is 3.72. The van der Waals surface area contributed by atoms with Crippen molar-refractivity contribution in [2.45, 2.75) is 0 Å². The molecule has 1 heterocycles. The van der Waals surface area contributed by atoms with E-state index in [1.807, 2.05) is 18.0 Å². The topological polar surface area (TPSA) is 93.7 Å². The lowest BCUT2D eigenvalue weighted by Gasteiger charge is -2.32. The summed E-state index contributed by atoms with van der Waals surface area (Å²) in [6, 6.07) is 4.75. The van der Waals surface area contributed by atoms with Crippen LogP contribution < -0.4 is 4.90 Å². The standard InChI is InChI=1S/C17H21Br2N5O3/c1-21-6-8-23(9-7-21)17(25)14-11-15(22(4-2-18)5-3-19)13(12-20)10-16(14)24(26)27/h10-11H,2-9H2,1H3. The fourth-order valence-electron chi connectivity index (χ4n) is 2.99. The molecule has 27 heavy (non-hydrogen) atoms. The van der Waals surface area contributed by atoms with Gasteiger partial charge in [-0.3, -0.25) is 14.9 Å². The number of halogens is 2. The summed E-state index contributed by atoms with van der Waals surface area (Å²) in [4.78, 5) is 29.6. The zero-order chi connectivity index (χ0) is 20.0. The van der Waals surface area contributed by atoms with Crippen LogP contribution in [0.25, 0.3) is 0 Å². The number of hydrogen-bond acceptors (Lipinski definition) is 6. The van der Waals surface area contributed by atoms with Crippen molar-refractivity contribution in [3.05, 3.63) is 33.4 Å². The van der Waals surface area contributed by atoms with Crippen molar-refractivity contribution in [1.29, 1.82) is 5.26 Å². The Morgan fingerprint density at radius 1 is 1.26 bits per heavy atom. The summed E-state index contributed by atoms with van der Waals surface area (Å²) >= 11 is 6.78. The van der Waals surface area contributed by atoms with Crippen molar-refractivity contribution in [3.8, 4) is 6.07 Å². The summed E-state index contributed by atoms with van der Waals surface area (Å²) in [5, 5.41) is 22.4. The van der Waals surface area contributed by atoms with Gasteiger partial charge in [0.05, 0.1) is 16.2 Å². The Kier molecular flexibility index (Phi) is 8.01. The SMILES string of the molecule is CN1CCN(C(=O)c2cc(N(CCBr)CCBr)c(C#N)cc2[N+](=O)[O-])CC1. The molecule has 1 amide bonds. The third-order valence-electron chi connectivity index (χ3n) is 4.50. The van der Waals surface area contributed by atoms with E-state index in [0.717, 1.165) is 13.1 Å². The zero-order valence-electron chi connectivity index (χ0n) is 15.0. The quantitative estimate of drug-likeness (QED) is 0.323. The van der Waals surface area contributed by atoms with Crippen LogP contribution in [-0.2, 0) is 0 Å². The summed E-state index contributed by atoms with van der Waals surface area (Å²) < 4.78 is 0. The third kappa shape index (κ3) is 5.18. The molecule has 1 aliphatic rings. The van der Waals surface area contributed by atoms with E-state index >= 15 is 0 Å². The van der Waals surface area contributed by atoms with Crippen molar-refractivity contribution in [3.63, 3.8) is 0 Å². The van der Waals surface area contributed by atoms with Gasteiger partial charge in [0, 0.05) is 56.0 Å². The van der Waals surface area contributed by atoms with Gasteiger partial charge in [-0.15, -0.1) is 0 Å². The first-order valence-electron chi connectivity index (χ1n) is 8.50. The molecule has 0 aromatic heterocycles. The van der Waals surface area contributed by atoms with Gasteiger partial charge in [0.15, 0.2) is 0 Å². The maximum Gasteiger partial charge on any atom is 0.283 e. The number of alkyl halides is 2. The first-order chi connectivity index (χ1) is 12.9. The highest BCUT2D eigenvalue weighted by Crippen LogP contribution is 2.31. The summed E-state index contributed by atoms with van der Waals surface area (Å²) in [6.07, 6.45) is 0. The van der Waals surface area contributed by atoms with Crippen LogP contribution >= 0.6 is 31.9 Å². The molecule has 0 bridgehead atoms. The van der Waals surface area contributed by atoms with Gasteiger partial charge >= 0.3 is 0 Å². The van der Waals surface area contributed by atoms with Crippen LogP contribution in [0.15, 0.2) is 12.1 Å². The minimum atomic E-state index is -0.590. The van der Waals surface area contributed by atoms with E-state index in [-0.39, 0.29) is 22.7 Å². The average Bonchev–Trinajstić information content (AvgIpc) is 2.66. The van der Waals surface area contributed by atoms with Gasteiger partial charge in [-0.25, -0.2) is 0 Å². The van der Waals surface area contributed by atoms with Gasteiger partial charge in [0.1, 0.15) is 11.6 Å². The number of likely N-dealkylation sites (N-methyl/N-ethyl adjacent to an activating group) is 1. The number of nitro benzene ring substituents is 1. The number of hydrogen-bond donors (Lipinski definition) is 0. The molecular weight excluding hydrogens is 482 g/mol. The van der Waals surface area contributed by atoms with Gasteiger partial charge in [-0.2, -0.15) is 5.26 Å². The molecule has 2 rings (SSSR count). The number of nitro groups is 1. The van der Waals surface area contributed by atoms with Crippen molar-refractivity contribution >= 4 is 49.1 Å². The van der Waals surface area contributed by atoms with E-state index in [1.54, 1.807) is 4.90 Å². The molecule has 146 valence electrons. The van der Waals surface area contributed by atoms with E-state index in [2.05, 4.69) is 36.8 Å². The van der Waals surface area contributed by atoms with E-state index in [1.165, 1.54) is 12.1 Å². The lowest BCUT2D eigenvalue weighted by molar-refractivity contribution is -0.385. The number of benzene rings is 1. The Balaban J connectivity index is 2.50. The summed E-state index contributed by atoms with van der Waals surface area (Å²) in [7, 11) is 1.97. The van der Waals surface area contributed by atoms with Crippen molar-refractivity contribution in [1.82, 2.24) is 9.80 Å². The van der Waals surface area contributed by atoms with Gasteiger partial charge in [-0.05, 0) is 13.1 Å². The number of amides is 1. The molecule has 0 N–H and O–H groups in total. The monoisotopic (exact) mass is 501 g/mol. The molecule has 0 spiro atoms. The number of carbonyl (C=O) groups is 1. The van der Waals surface area contributed by atoms with Gasteiger partial charge in [0.2, 0.25) is 0 Å². The first-order valence-corrected chi connectivity index (χ1v) is 10.7. The Morgan fingerprint density at radius 2 is 1.85 bits per heavy atom. The second-order valence-electron chi connectivity index (χ2n) is 6.22.